The van der Waals surface area contributed by atoms with Crippen molar-refractivity contribution < 1.29 is 30.0 Å². The normalized spacial score (nSPS) is 11.2. The molecular weight excluding hydrogens is 841 g/mol. The van der Waals surface area contributed by atoms with Gasteiger partial charge < -0.3 is 5.11 Å². The van der Waals surface area contributed by atoms with Crippen LogP contribution in [0.25, 0.3) is 65.6 Å². The van der Waals surface area contributed by atoms with Crippen molar-refractivity contribution in [1.29, 1.82) is 0 Å². The maximum Gasteiger partial charge on any atom is 0.155 e. The number of pyridine rings is 2. The van der Waals surface area contributed by atoms with Crippen molar-refractivity contribution in [3.05, 3.63) is 169 Å². The fraction of sp³-hybridized carbons (Fsp3) is 0.163. The van der Waals surface area contributed by atoms with Gasteiger partial charge in [-0.2, -0.15) is 0 Å². The molecule has 4 nitrogen and oxygen atoms in total. The van der Waals surface area contributed by atoms with E-state index in [2.05, 4.69) is 171 Å². The molecule has 8 rings (SSSR count). The van der Waals surface area contributed by atoms with Crippen molar-refractivity contribution in [3.63, 3.8) is 0 Å². The third kappa shape index (κ3) is 9.17. The zero-order valence-corrected chi connectivity index (χ0v) is 33.9. The van der Waals surface area contributed by atoms with Crippen molar-refractivity contribution in [2.24, 2.45) is 0 Å². The Bertz CT molecular complexity index is 2410. The van der Waals surface area contributed by atoms with Crippen LogP contribution in [0.5, 0.6) is 0 Å². The summed E-state index contributed by atoms with van der Waals surface area (Å²) in [5, 5.41) is 18.0. The number of aliphatic hydroxyl groups excluding tert-OH is 1. The molecule has 2 heterocycles. The Kier molecular flexibility index (Phi) is 13.3. The van der Waals surface area contributed by atoms with Gasteiger partial charge in [-0.25, -0.2) is 0 Å². The number of fused-ring (bicyclic) bond motifs is 4. The van der Waals surface area contributed by atoms with E-state index in [1.54, 1.807) is 0 Å². The van der Waals surface area contributed by atoms with Crippen LogP contribution in [-0.4, -0.2) is 20.9 Å². The first-order chi connectivity index (χ1) is 25.6. The molecule has 0 spiro atoms. The Morgan fingerprint density at radius 3 is 1.30 bits per heavy atom. The van der Waals surface area contributed by atoms with Gasteiger partial charge in [0.05, 0.1) is 5.76 Å². The van der Waals surface area contributed by atoms with Crippen molar-refractivity contribution in [2.45, 2.75) is 53.4 Å². The molecule has 8 aromatic rings. The molecule has 0 aliphatic rings. The van der Waals surface area contributed by atoms with Gasteiger partial charge in [0, 0.05) is 50.0 Å². The number of allylic oxidation sites excluding steroid dienone is 2. The summed E-state index contributed by atoms with van der Waals surface area (Å²) in [4.78, 5) is 19.3. The molecule has 0 amide bonds. The molecule has 5 heteroatoms. The summed E-state index contributed by atoms with van der Waals surface area (Å²) < 4.78 is 0. The summed E-state index contributed by atoms with van der Waals surface area (Å²) in [5.41, 5.74) is 6.87. The monoisotopic (exact) mass is 885 g/mol. The van der Waals surface area contributed by atoms with E-state index in [0.29, 0.717) is 11.8 Å². The van der Waals surface area contributed by atoms with Gasteiger partial charge in [-0.05, 0) is 59.4 Å². The minimum atomic E-state index is -0.125. The summed E-state index contributed by atoms with van der Waals surface area (Å²) in [7, 11) is 0. The van der Waals surface area contributed by atoms with Crippen LogP contribution >= 0.6 is 0 Å². The quantitative estimate of drug-likeness (QED) is 0.106. The van der Waals surface area contributed by atoms with Crippen molar-refractivity contribution >= 4 is 48.9 Å². The second-order valence-corrected chi connectivity index (χ2v) is 13.8. The molecule has 0 atom stereocenters. The summed E-state index contributed by atoms with van der Waals surface area (Å²) in [6.07, 6.45) is 4.94. The zero-order chi connectivity index (χ0) is 37.5. The van der Waals surface area contributed by atoms with Crippen LogP contribution < -0.4 is 0 Å². The predicted octanol–water partition coefficient (Wildman–Crippen LogP) is 13.0. The van der Waals surface area contributed by atoms with E-state index in [4.69, 9.17) is 5.11 Å². The Morgan fingerprint density at radius 2 is 0.944 bits per heavy atom. The van der Waals surface area contributed by atoms with Crippen LogP contribution in [0.3, 0.4) is 0 Å². The van der Waals surface area contributed by atoms with E-state index >= 15 is 0 Å². The Morgan fingerprint density at radius 1 is 0.574 bits per heavy atom. The summed E-state index contributed by atoms with van der Waals surface area (Å²) in [6.45, 7) is 11.8. The van der Waals surface area contributed by atoms with Gasteiger partial charge in [-0.15, -0.1) is 58.3 Å². The number of ketones is 1. The fourth-order valence-electron chi connectivity index (χ4n) is 6.69. The largest absolute Gasteiger partial charge is 0.512 e. The number of benzene rings is 6. The number of hydrogen-bond acceptors (Lipinski definition) is 4. The second-order valence-electron chi connectivity index (χ2n) is 13.8. The van der Waals surface area contributed by atoms with Crippen molar-refractivity contribution in [2.75, 3.05) is 0 Å². The molecular formula is C49H44IrN2O2-2. The third-order valence-corrected chi connectivity index (χ3v) is 9.13. The molecule has 0 saturated carbocycles. The van der Waals surface area contributed by atoms with Gasteiger partial charge in [0.1, 0.15) is 0 Å². The molecule has 0 aliphatic heterocycles. The Hall–Kier alpha value is -5.48. The molecule has 0 bridgehead atoms. The van der Waals surface area contributed by atoms with E-state index in [0.717, 1.165) is 33.3 Å². The van der Waals surface area contributed by atoms with Crippen LogP contribution in [0.1, 0.15) is 64.5 Å². The van der Waals surface area contributed by atoms with Crippen LogP contribution in [0.4, 0.5) is 0 Å². The first kappa shape index (κ1) is 39.7. The number of carbonyl (C=O) groups is 1. The number of carbonyl (C=O) groups excluding carboxylic acids is 1. The number of hydrogen-bond donors (Lipinski definition) is 1. The molecule has 0 fully saturated rings. The first-order valence-corrected chi connectivity index (χ1v) is 18.1. The van der Waals surface area contributed by atoms with Crippen molar-refractivity contribution in [3.8, 4) is 22.5 Å². The predicted molar refractivity (Wildman–Crippen MR) is 222 cm³/mol. The molecule has 2 aromatic heterocycles. The summed E-state index contributed by atoms with van der Waals surface area (Å²) >= 11 is 0. The van der Waals surface area contributed by atoms with Crippen LogP contribution in [-0.2, 0) is 24.9 Å². The molecule has 54 heavy (non-hydrogen) atoms. The van der Waals surface area contributed by atoms with E-state index in [1.807, 2.05) is 12.4 Å². The van der Waals surface area contributed by atoms with Crippen LogP contribution in [0.15, 0.2) is 146 Å². The molecule has 0 saturated heterocycles. The minimum Gasteiger partial charge on any atom is -0.512 e. The van der Waals surface area contributed by atoms with Gasteiger partial charge in [-0.3, -0.25) is 14.8 Å². The number of rotatable bonds is 5. The second kappa shape index (κ2) is 18.0. The van der Waals surface area contributed by atoms with Crippen LogP contribution in [0, 0.1) is 12.1 Å². The molecule has 273 valence electrons. The first-order valence-electron chi connectivity index (χ1n) is 18.1. The molecule has 1 N–H and O–H groups in total. The van der Waals surface area contributed by atoms with E-state index in [-0.39, 0.29) is 31.6 Å². The SMILES string of the molecule is CC(=O)/C=C(/C)O.CC(C)c1cc(-c2nccc3ccccc23)[c-]c2ccccc12.CC(C)c1cc(-c2nccc3ccccc23)[c-]c2ccccc12.[Ir]. The standard InChI is InChI=1S/2C22H18N.C5H8O2.Ir/c2*1-15(2)21-14-18(13-17-8-4-5-9-19(17)21)22-20-10-6-3-7-16(20)11-12-23-22;1-4(6)3-5(2)7;/h2*3-12,14-15H,1-2H3;3,6H,1-2H3;/q2*-1;;/b;;4-3-;. The summed E-state index contributed by atoms with van der Waals surface area (Å²) in [5.74, 6) is 0.860. The van der Waals surface area contributed by atoms with Gasteiger partial charge in [0.15, 0.2) is 5.78 Å². The smallest absolute Gasteiger partial charge is 0.155 e. The number of aliphatic hydroxyl groups is 1. The maximum absolute atomic E-state index is 10.0. The van der Waals surface area contributed by atoms with E-state index in [1.165, 1.54) is 63.4 Å². The molecule has 6 aromatic carbocycles. The number of nitrogens with zero attached hydrogens (tertiary/aromatic N) is 2. The third-order valence-electron chi connectivity index (χ3n) is 9.13. The topological polar surface area (TPSA) is 63.1 Å². The maximum atomic E-state index is 10.0. The zero-order valence-electron chi connectivity index (χ0n) is 31.5. The summed E-state index contributed by atoms with van der Waals surface area (Å²) in [6, 6.07) is 49.5. The Labute approximate surface area is 332 Å². The van der Waals surface area contributed by atoms with Gasteiger partial charge in [0.2, 0.25) is 0 Å². The van der Waals surface area contributed by atoms with Gasteiger partial charge in [-0.1, -0.05) is 135 Å². The van der Waals surface area contributed by atoms with E-state index in [9.17, 15) is 4.79 Å². The number of aromatic nitrogens is 2. The van der Waals surface area contributed by atoms with Crippen LogP contribution in [0.2, 0.25) is 0 Å². The van der Waals surface area contributed by atoms with Gasteiger partial charge >= 0.3 is 0 Å². The Balaban J connectivity index is 0.000000174. The molecule has 1 radical (unpaired) electrons. The fourth-order valence-corrected chi connectivity index (χ4v) is 6.69. The molecule has 0 unspecified atom stereocenters. The van der Waals surface area contributed by atoms with Gasteiger partial charge in [0.25, 0.3) is 0 Å². The minimum absolute atomic E-state index is 0. The van der Waals surface area contributed by atoms with Crippen molar-refractivity contribution in [1.82, 2.24) is 9.97 Å². The molecule has 0 aliphatic carbocycles. The van der Waals surface area contributed by atoms with E-state index < -0.39 is 0 Å². The average molecular weight is 885 g/mol. The average Bonchev–Trinajstić information content (AvgIpc) is 3.16.